The Bertz CT molecular complexity index is 984. The fraction of sp³-hybridized carbons (Fsp3) is 0. The topological polar surface area (TPSA) is 125 Å². The Labute approximate surface area is 137 Å². The summed E-state index contributed by atoms with van der Waals surface area (Å²) in [5.41, 5.74) is 0.712. The van der Waals surface area contributed by atoms with E-state index in [0.29, 0.717) is 17.1 Å². The maximum atomic E-state index is 12.5. The molecule has 8 nitrogen and oxygen atoms in total. The molecule has 1 aromatic heterocycles. The molecule has 122 valence electrons. The zero-order chi connectivity index (χ0) is 17.2. The minimum Gasteiger partial charge on any atom is -0.478 e. The molecule has 0 unspecified atom stereocenters. The molecule has 24 heavy (non-hydrogen) atoms. The molecule has 0 saturated carbocycles. The van der Waals surface area contributed by atoms with Gasteiger partial charge in [-0.15, -0.1) is 0 Å². The number of rotatable bonds is 5. The molecular formula is C15H12N4O4S. The van der Waals surface area contributed by atoms with Crippen LogP contribution in [0.5, 0.6) is 0 Å². The first-order valence-corrected chi connectivity index (χ1v) is 8.26. The highest BCUT2D eigenvalue weighted by Crippen LogP contribution is 2.27. The summed E-state index contributed by atoms with van der Waals surface area (Å²) in [5.74, 6) is -0.790. The number of nitrogens with zero attached hydrogens (tertiary/aromatic N) is 2. The predicted molar refractivity (Wildman–Crippen MR) is 86.0 cm³/mol. The van der Waals surface area contributed by atoms with Gasteiger partial charge in [-0.1, -0.05) is 18.2 Å². The summed E-state index contributed by atoms with van der Waals surface area (Å²) in [6, 6.07) is 11.8. The van der Waals surface area contributed by atoms with Gasteiger partial charge in [0.15, 0.2) is 5.82 Å². The summed E-state index contributed by atoms with van der Waals surface area (Å²) in [7, 11) is -3.96. The SMILES string of the molecule is O=C(O)c1cccc(S(=O)(=O)Nc2ccccc2-c2ncn[nH]2)c1. The average Bonchev–Trinajstić information content (AvgIpc) is 3.09. The maximum absolute atomic E-state index is 12.5. The van der Waals surface area contributed by atoms with Crippen LogP contribution in [0.1, 0.15) is 10.4 Å². The Kier molecular flexibility index (Phi) is 4.00. The van der Waals surface area contributed by atoms with Crippen LogP contribution in [0.15, 0.2) is 59.8 Å². The van der Waals surface area contributed by atoms with E-state index in [1.165, 1.54) is 24.5 Å². The molecule has 2 aromatic carbocycles. The molecule has 0 aliphatic heterocycles. The second-order valence-electron chi connectivity index (χ2n) is 4.82. The molecule has 0 radical (unpaired) electrons. The Morgan fingerprint density at radius 3 is 2.62 bits per heavy atom. The molecule has 3 aromatic rings. The molecule has 3 N–H and O–H groups in total. The number of aromatic amines is 1. The van der Waals surface area contributed by atoms with Gasteiger partial charge in [0.05, 0.1) is 16.1 Å². The number of hydrogen-bond acceptors (Lipinski definition) is 5. The van der Waals surface area contributed by atoms with Crippen molar-refractivity contribution in [1.29, 1.82) is 0 Å². The molecule has 9 heteroatoms. The minimum absolute atomic E-state index is 0.110. The molecule has 0 aliphatic rings. The lowest BCUT2D eigenvalue weighted by molar-refractivity contribution is 0.0696. The fourth-order valence-electron chi connectivity index (χ4n) is 2.11. The van der Waals surface area contributed by atoms with Crippen LogP contribution in [0.4, 0.5) is 5.69 Å². The molecule has 0 bridgehead atoms. The molecular weight excluding hydrogens is 332 g/mol. The van der Waals surface area contributed by atoms with E-state index in [9.17, 15) is 13.2 Å². The van der Waals surface area contributed by atoms with Crippen molar-refractivity contribution < 1.29 is 18.3 Å². The Hall–Kier alpha value is -3.20. The number of anilines is 1. The van der Waals surface area contributed by atoms with Crippen LogP contribution in [0.25, 0.3) is 11.4 Å². The van der Waals surface area contributed by atoms with E-state index in [1.807, 2.05) is 0 Å². The Balaban J connectivity index is 1.99. The largest absolute Gasteiger partial charge is 0.478 e. The van der Waals surface area contributed by atoms with Gasteiger partial charge in [-0.2, -0.15) is 5.10 Å². The predicted octanol–water partition coefficient (Wildman–Crippen LogP) is 1.97. The van der Waals surface area contributed by atoms with Crippen molar-refractivity contribution >= 4 is 21.7 Å². The van der Waals surface area contributed by atoms with Crippen LogP contribution in [0, 0.1) is 0 Å². The quantitative estimate of drug-likeness (QED) is 0.650. The van der Waals surface area contributed by atoms with Crippen LogP contribution in [-0.4, -0.2) is 34.7 Å². The molecule has 1 heterocycles. The van der Waals surface area contributed by atoms with Gasteiger partial charge in [0.1, 0.15) is 6.33 Å². The van der Waals surface area contributed by atoms with E-state index in [0.717, 1.165) is 6.07 Å². The molecule has 0 spiro atoms. The van der Waals surface area contributed by atoms with Gasteiger partial charge in [-0.25, -0.2) is 18.2 Å². The number of hydrogen-bond donors (Lipinski definition) is 3. The van der Waals surface area contributed by atoms with E-state index in [2.05, 4.69) is 19.9 Å². The van der Waals surface area contributed by atoms with Crippen LogP contribution in [0.2, 0.25) is 0 Å². The maximum Gasteiger partial charge on any atom is 0.335 e. The summed E-state index contributed by atoms with van der Waals surface area (Å²) in [6.45, 7) is 0. The molecule has 0 amide bonds. The van der Waals surface area contributed by atoms with Gasteiger partial charge >= 0.3 is 5.97 Å². The number of sulfonamides is 1. The van der Waals surface area contributed by atoms with Gasteiger partial charge in [0, 0.05) is 5.56 Å². The van der Waals surface area contributed by atoms with Crippen LogP contribution in [0.3, 0.4) is 0 Å². The first-order valence-electron chi connectivity index (χ1n) is 6.78. The smallest absolute Gasteiger partial charge is 0.335 e. The zero-order valence-corrected chi connectivity index (χ0v) is 13.0. The second-order valence-corrected chi connectivity index (χ2v) is 6.50. The van der Waals surface area contributed by atoms with Crippen molar-refractivity contribution in [1.82, 2.24) is 15.2 Å². The summed E-state index contributed by atoms with van der Waals surface area (Å²) in [5, 5.41) is 15.4. The van der Waals surface area contributed by atoms with E-state index in [4.69, 9.17) is 5.11 Å². The number of carbonyl (C=O) groups is 1. The number of para-hydroxylation sites is 1. The Morgan fingerprint density at radius 2 is 1.92 bits per heavy atom. The van der Waals surface area contributed by atoms with Gasteiger partial charge in [-0.3, -0.25) is 9.82 Å². The van der Waals surface area contributed by atoms with E-state index < -0.39 is 16.0 Å². The second kappa shape index (κ2) is 6.13. The van der Waals surface area contributed by atoms with Crippen LogP contribution < -0.4 is 4.72 Å². The fourth-order valence-corrected chi connectivity index (χ4v) is 3.24. The highest BCUT2D eigenvalue weighted by Gasteiger charge is 2.18. The number of benzene rings is 2. The van der Waals surface area contributed by atoms with Gasteiger partial charge in [-0.05, 0) is 30.3 Å². The van der Waals surface area contributed by atoms with Crippen molar-refractivity contribution in [2.24, 2.45) is 0 Å². The van der Waals surface area contributed by atoms with Crippen molar-refractivity contribution in [3.05, 3.63) is 60.4 Å². The molecule has 0 saturated heterocycles. The van der Waals surface area contributed by atoms with E-state index >= 15 is 0 Å². The molecule has 0 atom stereocenters. The lowest BCUT2D eigenvalue weighted by Crippen LogP contribution is -2.14. The lowest BCUT2D eigenvalue weighted by atomic mass is 10.2. The summed E-state index contributed by atoms with van der Waals surface area (Å²) in [6.07, 6.45) is 1.32. The number of H-pyrrole nitrogens is 1. The van der Waals surface area contributed by atoms with Gasteiger partial charge < -0.3 is 5.11 Å². The first kappa shape index (κ1) is 15.7. The normalized spacial score (nSPS) is 11.2. The van der Waals surface area contributed by atoms with Crippen molar-refractivity contribution in [3.8, 4) is 11.4 Å². The lowest BCUT2D eigenvalue weighted by Gasteiger charge is -2.11. The third kappa shape index (κ3) is 3.10. The first-order chi connectivity index (χ1) is 11.5. The highest BCUT2D eigenvalue weighted by atomic mass is 32.2. The number of aromatic nitrogens is 3. The monoisotopic (exact) mass is 344 g/mol. The molecule has 0 fully saturated rings. The summed E-state index contributed by atoms with van der Waals surface area (Å²) in [4.78, 5) is 14.9. The van der Waals surface area contributed by atoms with Gasteiger partial charge in [0.25, 0.3) is 10.0 Å². The third-order valence-electron chi connectivity index (χ3n) is 3.23. The summed E-state index contributed by atoms with van der Waals surface area (Å²) < 4.78 is 27.5. The number of carboxylic acids is 1. The number of carboxylic acid groups (broad SMARTS) is 1. The summed E-state index contributed by atoms with van der Waals surface area (Å²) >= 11 is 0. The number of nitrogens with one attached hydrogen (secondary N) is 2. The third-order valence-corrected chi connectivity index (χ3v) is 4.60. The Morgan fingerprint density at radius 1 is 1.12 bits per heavy atom. The van der Waals surface area contributed by atoms with Crippen molar-refractivity contribution in [2.45, 2.75) is 4.90 Å². The van der Waals surface area contributed by atoms with Crippen molar-refractivity contribution in [3.63, 3.8) is 0 Å². The van der Waals surface area contributed by atoms with Gasteiger partial charge in [0.2, 0.25) is 0 Å². The molecule has 0 aliphatic carbocycles. The van der Waals surface area contributed by atoms with Crippen LogP contribution >= 0.6 is 0 Å². The molecule has 3 rings (SSSR count). The standard InChI is InChI=1S/C15H12N4O4S/c20-15(21)10-4-3-5-11(8-10)24(22,23)19-13-7-2-1-6-12(13)14-16-9-17-18-14/h1-9,19H,(H,20,21)(H,16,17,18). The van der Waals surface area contributed by atoms with Crippen LogP contribution in [-0.2, 0) is 10.0 Å². The van der Waals surface area contributed by atoms with E-state index in [1.54, 1.807) is 24.3 Å². The zero-order valence-electron chi connectivity index (χ0n) is 12.2. The average molecular weight is 344 g/mol. The minimum atomic E-state index is -3.96. The van der Waals surface area contributed by atoms with Crippen molar-refractivity contribution in [2.75, 3.05) is 4.72 Å². The number of aromatic carboxylic acids is 1. The van der Waals surface area contributed by atoms with E-state index in [-0.39, 0.29) is 10.5 Å². The highest BCUT2D eigenvalue weighted by molar-refractivity contribution is 7.92.